The first-order valence-electron chi connectivity index (χ1n) is 8.33. The summed E-state index contributed by atoms with van der Waals surface area (Å²) < 4.78 is 0. The molecule has 118 valence electrons. The van der Waals surface area contributed by atoms with Crippen molar-refractivity contribution in [3.63, 3.8) is 0 Å². The molecule has 0 saturated carbocycles. The zero-order chi connectivity index (χ0) is 15.5. The molecule has 0 unspecified atom stereocenters. The molecule has 1 aromatic carbocycles. The molecule has 2 heterocycles. The van der Waals surface area contributed by atoms with Crippen molar-refractivity contribution in [2.45, 2.75) is 38.5 Å². The van der Waals surface area contributed by atoms with Gasteiger partial charge in [0.2, 0.25) is 5.91 Å². The summed E-state index contributed by atoms with van der Waals surface area (Å²) in [5.41, 5.74) is 8.35. The van der Waals surface area contributed by atoms with Gasteiger partial charge in [-0.05, 0) is 57.1 Å². The number of hydrogen-bond donors (Lipinski definition) is 2. The summed E-state index contributed by atoms with van der Waals surface area (Å²) in [6.07, 6.45) is 4.92. The molecule has 0 aliphatic carbocycles. The van der Waals surface area contributed by atoms with Gasteiger partial charge in [-0.1, -0.05) is 19.4 Å². The van der Waals surface area contributed by atoms with Crippen molar-refractivity contribution >= 4 is 16.8 Å². The minimum atomic E-state index is -0.356. The molecule has 1 saturated heterocycles. The van der Waals surface area contributed by atoms with E-state index in [2.05, 4.69) is 22.9 Å². The van der Waals surface area contributed by atoms with E-state index in [9.17, 15) is 4.79 Å². The van der Waals surface area contributed by atoms with E-state index in [-0.39, 0.29) is 5.91 Å². The summed E-state index contributed by atoms with van der Waals surface area (Å²) >= 11 is 0. The van der Waals surface area contributed by atoms with Crippen molar-refractivity contribution in [2.24, 2.45) is 5.73 Å². The lowest BCUT2D eigenvalue weighted by Gasteiger charge is -2.31. The first kappa shape index (κ1) is 15.1. The van der Waals surface area contributed by atoms with E-state index in [1.807, 2.05) is 12.1 Å². The molecule has 4 nitrogen and oxygen atoms in total. The number of piperidine rings is 1. The number of carbonyl (C=O) groups excluding carboxylic acids is 1. The van der Waals surface area contributed by atoms with Crippen molar-refractivity contribution < 1.29 is 4.79 Å². The van der Waals surface area contributed by atoms with Crippen LogP contribution in [0.5, 0.6) is 0 Å². The van der Waals surface area contributed by atoms with Crippen LogP contribution < -0.4 is 5.73 Å². The summed E-state index contributed by atoms with van der Waals surface area (Å²) in [6.45, 7) is 5.81. The molecule has 0 radical (unpaired) electrons. The normalized spacial score (nSPS) is 17.1. The molecule has 1 aromatic heterocycles. The van der Waals surface area contributed by atoms with Crippen LogP contribution in [0, 0.1) is 0 Å². The highest BCUT2D eigenvalue weighted by Crippen LogP contribution is 2.31. The van der Waals surface area contributed by atoms with Crippen LogP contribution in [0.2, 0.25) is 0 Å². The lowest BCUT2D eigenvalue weighted by atomic mass is 9.93. The number of nitrogens with two attached hydrogens (primary N) is 1. The van der Waals surface area contributed by atoms with Crippen molar-refractivity contribution in [1.29, 1.82) is 0 Å². The number of amides is 1. The number of nitrogens with zero attached hydrogens (tertiary/aromatic N) is 1. The van der Waals surface area contributed by atoms with Gasteiger partial charge in [0.15, 0.2) is 0 Å². The Morgan fingerprint density at radius 2 is 2.14 bits per heavy atom. The van der Waals surface area contributed by atoms with Gasteiger partial charge in [-0.25, -0.2) is 0 Å². The van der Waals surface area contributed by atoms with E-state index in [1.54, 1.807) is 6.07 Å². The van der Waals surface area contributed by atoms with Gasteiger partial charge < -0.3 is 15.6 Å². The van der Waals surface area contributed by atoms with Crippen LogP contribution in [-0.2, 0) is 0 Å². The molecule has 4 heteroatoms. The third kappa shape index (κ3) is 3.02. The van der Waals surface area contributed by atoms with Gasteiger partial charge in [0.1, 0.15) is 0 Å². The van der Waals surface area contributed by atoms with Gasteiger partial charge in [-0.2, -0.15) is 0 Å². The molecule has 1 aliphatic heterocycles. The minimum absolute atomic E-state index is 0.356. The number of primary amides is 1. The number of H-pyrrole nitrogens is 1. The molecule has 1 amide bonds. The van der Waals surface area contributed by atoms with Crippen molar-refractivity contribution in [2.75, 3.05) is 19.6 Å². The van der Waals surface area contributed by atoms with Crippen LogP contribution in [0.1, 0.15) is 54.6 Å². The average Bonchev–Trinajstić information content (AvgIpc) is 2.97. The average molecular weight is 299 g/mol. The second-order valence-corrected chi connectivity index (χ2v) is 6.33. The Kier molecular flexibility index (Phi) is 4.48. The largest absolute Gasteiger partial charge is 0.366 e. The molecule has 3 N–H and O–H groups in total. The lowest BCUT2D eigenvalue weighted by Crippen LogP contribution is -2.33. The van der Waals surface area contributed by atoms with Crippen LogP contribution in [-0.4, -0.2) is 35.4 Å². The summed E-state index contributed by atoms with van der Waals surface area (Å²) in [7, 11) is 0. The van der Waals surface area contributed by atoms with E-state index < -0.39 is 0 Å². The zero-order valence-corrected chi connectivity index (χ0v) is 13.3. The number of unbranched alkanes of at least 4 members (excludes halogenated alkanes) is 1. The van der Waals surface area contributed by atoms with E-state index in [1.165, 1.54) is 51.0 Å². The molecule has 0 spiro atoms. The SMILES string of the molecule is CCCCN1CCC(c2cc3c(C(N)=O)cccc3[nH]2)CC1. The highest BCUT2D eigenvalue weighted by atomic mass is 16.1. The Balaban J connectivity index is 1.75. The van der Waals surface area contributed by atoms with Crippen LogP contribution in [0.4, 0.5) is 0 Å². The molecule has 2 aromatic rings. The summed E-state index contributed by atoms with van der Waals surface area (Å²) in [5, 5.41) is 0.957. The fourth-order valence-corrected chi connectivity index (χ4v) is 3.46. The third-order valence-electron chi connectivity index (χ3n) is 4.81. The van der Waals surface area contributed by atoms with Crippen LogP contribution in [0.25, 0.3) is 10.9 Å². The van der Waals surface area contributed by atoms with Gasteiger partial charge in [0.25, 0.3) is 0 Å². The second kappa shape index (κ2) is 6.53. The predicted molar refractivity (Wildman–Crippen MR) is 90.1 cm³/mol. The molecular formula is C18H25N3O. The van der Waals surface area contributed by atoms with Crippen LogP contribution in [0.15, 0.2) is 24.3 Å². The van der Waals surface area contributed by atoms with Crippen molar-refractivity contribution in [3.05, 3.63) is 35.5 Å². The summed E-state index contributed by atoms with van der Waals surface area (Å²) in [5.74, 6) is 0.205. The maximum Gasteiger partial charge on any atom is 0.249 e. The maximum absolute atomic E-state index is 11.5. The third-order valence-corrected chi connectivity index (χ3v) is 4.81. The van der Waals surface area contributed by atoms with Crippen molar-refractivity contribution in [1.82, 2.24) is 9.88 Å². The number of aromatic nitrogens is 1. The number of fused-ring (bicyclic) bond motifs is 1. The lowest BCUT2D eigenvalue weighted by molar-refractivity contribution is 0.100. The Labute approximate surface area is 131 Å². The number of carbonyl (C=O) groups is 1. The number of rotatable bonds is 5. The number of benzene rings is 1. The first-order valence-corrected chi connectivity index (χ1v) is 8.33. The quantitative estimate of drug-likeness (QED) is 0.890. The molecular weight excluding hydrogens is 274 g/mol. The number of hydrogen-bond acceptors (Lipinski definition) is 2. The standard InChI is InChI=1S/C18H25N3O/c1-2-3-9-21-10-7-13(8-11-21)17-12-15-14(18(19)22)5-4-6-16(15)20-17/h4-6,12-13,20H,2-3,7-11H2,1H3,(H2,19,22). The van der Waals surface area contributed by atoms with E-state index in [0.717, 1.165) is 10.9 Å². The minimum Gasteiger partial charge on any atom is -0.366 e. The van der Waals surface area contributed by atoms with Gasteiger partial charge in [0.05, 0.1) is 0 Å². The van der Waals surface area contributed by atoms with E-state index >= 15 is 0 Å². The molecule has 3 rings (SSSR count). The van der Waals surface area contributed by atoms with Crippen LogP contribution in [0.3, 0.4) is 0 Å². The monoisotopic (exact) mass is 299 g/mol. The zero-order valence-electron chi connectivity index (χ0n) is 13.3. The molecule has 22 heavy (non-hydrogen) atoms. The fourth-order valence-electron chi connectivity index (χ4n) is 3.46. The van der Waals surface area contributed by atoms with Crippen LogP contribution >= 0.6 is 0 Å². The fraction of sp³-hybridized carbons (Fsp3) is 0.500. The summed E-state index contributed by atoms with van der Waals surface area (Å²) in [6, 6.07) is 7.83. The Morgan fingerprint density at radius 1 is 1.36 bits per heavy atom. The molecule has 1 aliphatic rings. The van der Waals surface area contributed by atoms with Gasteiger partial charge in [0, 0.05) is 28.1 Å². The van der Waals surface area contributed by atoms with Gasteiger partial charge in [-0.3, -0.25) is 4.79 Å². The topological polar surface area (TPSA) is 62.1 Å². The maximum atomic E-state index is 11.5. The highest BCUT2D eigenvalue weighted by molar-refractivity contribution is 6.05. The molecule has 0 atom stereocenters. The smallest absolute Gasteiger partial charge is 0.249 e. The number of aromatic amines is 1. The first-order chi connectivity index (χ1) is 10.7. The van der Waals surface area contributed by atoms with Gasteiger partial charge in [-0.15, -0.1) is 0 Å². The highest BCUT2D eigenvalue weighted by Gasteiger charge is 2.22. The van der Waals surface area contributed by atoms with E-state index in [0.29, 0.717) is 11.5 Å². The van der Waals surface area contributed by atoms with Gasteiger partial charge >= 0.3 is 0 Å². The predicted octanol–water partition coefficient (Wildman–Crippen LogP) is 3.25. The van der Waals surface area contributed by atoms with E-state index in [4.69, 9.17) is 5.73 Å². The molecule has 0 bridgehead atoms. The van der Waals surface area contributed by atoms with Crippen molar-refractivity contribution in [3.8, 4) is 0 Å². The second-order valence-electron chi connectivity index (χ2n) is 6.33. The summed E-state index contributed by atoms with van der Waals surface area (Å²) in [4.78, 5) is 17.6. The Hall–Kier alpha value is -1.81. The number of likely N-dealkylation sites (tertiary alicyclic amines) is 1. The molecule has 1 fully saturated rings. The Bertz CT molecular complexity index is 653. The number of nitrogens with one attached hydrogen (secondary N) is 1. The Morgan fingerprint density at radius 3 is 2.82 bits per heavy atom.